The molecule has 1 aliphatic rings. The number of rotatable bonds is 5. The third kappa shape index (κ3) is 3.29. The van der Waals surface area contributed by atoms with Crippen molar-refractivity contribution in [2.45, 2.75) is 25.8 Å². The average Bonchev–Trinajstić information content (AvgIpc) is 2.53. The fourth-order valence-electron chi connectivity index (χ4n) is 3.03. The highest BCUT2D eigenvalue weighted by atomic mass is 16.5. The average molecular weight is 293 g/mol. The number of ether oxygens (including phenoxy) is 2. The van der Waals surface area contributed by atoms with Gasteiger partial charge in [-0.25, -0.2) is 0 Å². The topological polar surface area (TPSA) is 59.0 Å². The fraction of sp³-hybridized carbons (Fsp3) is 0.562. The van der Waals surface area contributed by atoms with Gasteiger partial charge in [-0.3, -0.25) is 9.69 Å². The monoisotopic (exact) mass is 293 g/mol. The predicted octanol–water partition coefficient (Wildman–Crippen LogP) is 2.56. The molecule has 1 aromatic carbocycles. The molecule has 0 aromatic heterocycles. The van der Waals surface area contributed by atoms with E-state index >= 15 is 0 Å². The van der Waals surface area contributed by atoms with E-state index in [2.05, 4.69) is 11.8 Å². The van der Waals surface area contributed by atoms with Gasteiger partial charge in [-0.1, -0.05) is 13.0 Å². The molecule has 1 N–H and O–H groups in total. The van der Waals surface area contributed by atoms with E-state index in [0.29, 0.717) is 24.5 Å². The molecule has 0 radical (unpaired) electrons. The van der Waals surface area contributed by atoms with Crippen LogP contribution in [0.1, 0.15) is 31.4 Å². The Hall–Kier alpha value is -1.75. The number of methoxy groups -OCH3 is 2. The Morgan fingerprint density at radius 3 is 2.57 bits per heavy atom. The molecule has 0 saturated carbocycles. The van der Waals surface area contributed by atoms with Crippen molar-refractivity contribution in [3.63, 3.8) is 0 Å². The van der Waals surface area contributed by atoms with Gasteiger partial charge in [-0.2, -0.15) is 0 Å². The zero-order valence-electron chi connectivity index (χ0n) is 12.8. The Bertz CT molecular complexity index is 503. The summed E-state index contributed by atoms with van der Waals surface area (Å²) in [6, 6.07) is 6.18. The van der Waals surface area contributed by atoms with Gasteiger partial charge in [-0.05, 0) is 37.1 Å². The van der Waals surface area contributed by atoms with Gasteiger partial charge in [0.25, 0.3) is 0 Å². The molecule has 5 nitrogen and oxygen atoms in total. The number of nitrogens with zero attached hydrogens (tertiary/aromatic N) is 1. The number of aliphatic carboxylic acids is 1. The quantitative estimate of drug-likeness (QED) is 0.904. The molecule has 1 aromatic rings. The van der Waals surface area contributed by atoms with Crippen LogP contribution in [0.5, 0.6) is 11.5 Å². The molecule has 1 heterocycles. The Morgan fingerprint density at radius 2 is 2.00 bits per heavy atom. The standard InChI is InChI=1S/C16H23NO4/c1-4-17-10-12(16(18)19)5-7-13(17)11-6-8-14(20-2)15(9-11)21-3/h6,8-9,12-13H,4-5,7,10H2,1-3H3,(H,18,19). The molecular weight excluding hydrogens is 270 g/mol. The normalized spacial score (nSPS) is 22.8. The second kappa shape index (κ2) is 6.80. The Kier molecular flexibility index (Phi) is 5.07. The molecule has 1 saturated heterocycles. The van der Waals surface area contributed by atoms with E-state index < -0.39 is 5.97 Å². The summed E-state index contributed by atoms with van der Waals surface area (Å²) in [4.78, 5) is 13.4. The largest absolute Gasteiger partial charge is 0.493 e. The number of carbonyl (C=O) groups is 1. The molecule has 0 spiro atoms. The van der Waals surface area contributed by atoms with Crippen molar-refractivity contribution in [1.29, 1.82) is 0 Å². The first-order chi connectivity index (χ1) is 10.1. The van der Waals surface area contributed by atoms with Crippen LogP contribution in [-0.4, -0.2) is 43.3 Å². The minimum Gasteiger partial charge on any atom is -0.493 e. The summed E-state index contributed by atoms with van der Waals surface area (Å²) in [5.41, 5.74) is 1.15. The summed E-state index contributed by atoms with van der Waals surface area (Å²) in [6.07, 6.45) is 1.56. The van der Waals surface area contributed by atoms with Crippen LogP contribution >= 0.6 is 0 Å². The lowest BCUT2D eigenvalue weighted by atomic mass is 9.89. The van der Waals surface area contributed by atoms with E-state index in [1.54, 1.807) is 14.2 Å². The van der Waals surface area contributed by atoms with Gasteiger partial charge in [0.1, 0.15) is 0 Å². The summed E-state index contributed by atoms with van der Waals surface area (Å²) in [5, 5.41) is 9.20. The Balaban J connectivity index is 2.22. The number of benzene rings is 1. The minimum atomic E-state index is -0.695. The zero-order valence-corrected chi connectivity index (χ0v) is 12.8. The molecular formula is C16H23NO4. The smallest absolute Gasteiger partial charge is 0.307 e. The van der Waals surface area contributed by atoms with Crippen molar-refractivity contribution in [3.05, 3.63) is 23.8 Å². The van der Waals surface area contributed by atoms with E-state index in [1.807, 2.05) is 18.2 Å². The van der Waals surface area contributed by atoms with Crippen LogP contribution in [0, 0.1) is 5.92 Å². The zero-order chi connectivity index (χ0) is 15.4. The summed E-state index contributed by atoms with van der Waals surface area (Å²) >= 11 is 0. The number of carboxylic acid groups (broad SMARTS) is 1. The van der Waals surface area contributed by atoms with Crippen molar-refractivity contribution in [2.24, 2.45) is 5.92 Å². The molecule has 0 aliphatic carbocycles. The molecule has 2 rings (SSSR count). The molecule has 21 heavy (non-hydrogen) atoms. The van der Waals surface area contributed by atoms with E-state index in [9.17, 15) is 9.90 Å². The van der Waals surface area contributed by atoms with Crippen LogP contribution in [-0.2, 0) is 4.79 Å². The molecule has 0 amide bonds. The minimum absolute atomic E-state index is 0.241. The van der Waals surface area contributed by atoms with Crippen LogP contribution in [0.25, 0.3) is 0 Å². The summed E-state index contributed by atoms with van der Waals surface area (Å²) in [6.45, 7) is 3.51. The first-order valence-corrected chi connectivity index (χ1v) is 7.29. The third-order valence-electron chi connectivity index (χ3n) is 4.23. The molecule has 1 fully saturated rings. The van der Waals surface area contributed by atoms with Gasteiger partial charge < -0.3 is 14.6 Å². The lowest BCUT2D eigenvalue weighted by Gasteiger charge is -2.38. The highest BCUT2D eigenvalue weighted by Gasteiger charge is 2.32. The molecule has 116 valence electrons. The van der Waals surface area contributed by atoms with Gasteiger partial charge in [0.05, 0.1) is 20.1 Å². The van der Waals surface area contributed by atoms with E-state index in [1.165, 1.54) is 0 Å². The number of hydrogen-bond acceptors (Lipinski definition) is 4. The molecule has 1 aliphatic heterocycles. The van der Waals surface area contributed by atoms with Gasteiger partial charge in [0.2, 0.25) is 0 Å². The molecule has 2 unspecified atom stereocenters. The lowest BCUT2D eigenvalue weighted by Crippen LogP contribution is -2.40. The van der Waals surface area contributed by atoms with Crippen LogP contribution < -0.4 is 9.47 Å². The van der Waals surface area contributed by atoms with Gasteiger partial charge >= 0.3 is 5.97 Å². The van der Waals surface area contributed by atoms with Crippen LogP contribution in [0.3, 0.4) is 0 Å². The summed E-state index contributed by atoms with van der Waals surface area (Å²) in [7, 11) is 3.24. The highest BCUT2D eigenvalue weighted by molar-refractivity contribution is 5.70. The Morgan fingerprint density at radius 1 is 1.29 bits per heavy atom. The maximum atomic E-state index is 11.2. The number of hydrogen-bond donors (Lipinski definition) is 1. The number of piperidine rings is 1. The van der Waals surface area contributed by atoms with Gasteiger partial charge in [0, 0.05) is 12.6 Å². The van der Waals surface area contributed by atoms with E-state index in [4.69, 9.17) is 9.47 Å². The van der Waals surface area contributed by atoms with Gasteiger partial charge in [-0.15, -0.1) is 0 Å². The first-order valence-electron chi connectivity index (χ1n) is 7.29. The maximum Gasteiger partial charge on any atom is 0.307 e. The maximum absolute atomic E-state index is 11.2. The molecule has 0 bridgehead atoms. The summed E-state index contributed by atoms with van der Waals surface area (Å²) in [5.74, 6) is 0.468. The van der Waals surface area contributed by atoms with Crippen LogP contribution in [0.15, 0.2) is 18.2 Å². The predicted molar refractivity (Wildman–Crippen MR) is 79.9 cm³/mol. The van der Waals surface area contributed by atoms with Gasteiger partial charge in [0.15, 0.2) is 11.5 Å². The van der Waals surface area contributed by atoms with Crippen LogP contribution in [0.4, 0.5) is 0 Å². The van der Waals surface area contributed by atoms with Crippen molar-refractivity contribution in [2.75, 3.05) is 27.3 Å². The molecule has 2 atom stereocenters. The number of likely N-dealkylation sites (tertiary alicyclic amines) is 1. The van der Waals surface area contributed by atoms with Crippen molar-refractivity contribution >= 4 is 5.97 Å². The highest BCUT2D eigenvalue weighted by Crippen LogP contribution is 2.37. The van der Waals surface area contributed by atoms with E-state index in [0.717, 1.165) is 18.5 Å². The fourth-order valence-corrected chi connectivity index (χ4v) is 3.03. The van der Waals surface area contributed by atoms with Crippen molar-refractivity contribution < 1.29 is 19.4 Å². The van der Waals surface area contributed by atoms with Crippen molar-refractivity contribution in [3.8, 4) is 11.5 Å². The third-order valence-corrected chi connectivity index (χ3v) is 4.23. The summed E-state index contributed by atoms with van der Waals surface area (Å²) < 4.78 is 10.6. The van der Waals surface area contributed by atoms with Crippen LogP contribution in [0.2, 0.25) is 0 Å². The van der Waals surface area contributed by atoms with E-state index in [-0.39, 0.29) is 12.0 Å². The molecule has 5 heteroatoms. The SMILES string of the molecule is CCN1CC(C(=O)O)CCC1c1ccc(OC)c(OC)c1. The van der Waals surface area contributed by atoms with Crippen molar-refractivity contribution in [1.82, 2.24) is 4.90 Å². The second-order valence-electron chi connectivity index (χ2n) is 5.33. The number of carboxylic acids is 1. The first kappa shape index (κ1) is 15.6. The second-order valence-corrected chi connectivity index (χ2v) is 5.33. The lowest BCUT2D eigenvalue weighted by molar-refractivity contribution is -0.144. The Labute approximate surface area is 125 Å².